The number of carbonyl (C=O) groups excluding carboxylic acids is 1. The first-order chi connectivity index (χ1) is 9.99. The fourth-order valence-electron chi connectivity index (χ4n) is 2.43. The molecule has 7 heteroatoms. The molecule has 2 rings (SSSR count). The third-order valence-electron chi connectivity index (χ3n) is 3.51. The lowest BCUT2D eigenvalue weighted by Crippen LogP contribution is -2.37. The molecule has 2 amide bonds. The van der Waals surface area contributed by atoms with Crippen LogP contribution in [0.25, 0.3) is 0 Å². The second kappa shape index (κ2) is 6.78. The largest absolute Gasteiger partial charge is 0.478 e. The summed E-state index contributed by atoms with van der Waals surface area (Å²) in [6, 6.07) is 3.91. The van der Waals surface area contributed by atoms with Crippen molar-refractivity contribution in [2.75, 3.05) is 12.4 Å². The van der Waals surface area contributed by atoms with E-state index in [4.69, 9.17) is 21.4 Å². The average Bonchev–Trinajstić information content (AvgIpc) is 2.88. The average molecular weight is 313 g/mol. The van der Waals surface area contributed by atoms with E-state index in [0.717, 1.165) is 19.3 Å². The van der Waals surface area contributed by atoms with Crippen molar-refractivity contribution in [1.29, 1.82) is 0 Å². The third kappa shape index (κ3) is 4.09. The summed E-state index contributed by atoms with van der Waals surface area (Å²) in [5, 5.41) is 14.8. The van der Waals surface area contributed by atoms with Crippen molar-refractivity contribution in [3.8, 4) is 0 Å². The highest BCUT2D eigenvalue weighted by molar-refractivity contribution is 6.31. The Bertz CT molecular complexity index is 550. The van der Waals surface area contributed by atoms with Gasteiger partial charge in [0.15, 0.2) is 0 Å². The molecule has 0 radical (unpaired) electrons. The number of hydrogen-bond donors (Lipinski definition) is 3. The second-order valence-electron chi connectivity index (χ2n) is 4.96. The van der Waals surface area contributed by atoms with Gasteiger partial charge in [0.1, 0.15) is 0 Å². The van der Waals surface area contributed by atoms with E-state index in [0.29, 0.717) is 5.02 Å². The predicted molar refractivity (Wildman–Crippen MR) is 79.0 cm³/mol. The van der Waals surface area contributed by atoms with Gasteiger partial charge in [-0.25, -0.2) is 9.59 Å². The summed E-state index contributed by atoms with van der Waals surface area (Å²) >= 11 is 5.76. The number of carboxylic acid groups (broad SMARTS) is 1. The van der Waals surface area contributed by atoms with Crippen LogP contribution < -0.4 is 10.6 Å². The quantitative estimate of drug-likeness (QED) is 0.797. The maximum atomic E-state index is 11.9. The Morgan fingerprint density at radius 3 is 2.76 bits per heavy atom. The van der Waals surface area contributed by atoms with E-state index in [9.17, 15) is 9.59 Å². The number of urea groups is 1. The van der Waals surface area contributed by atoms with E-state index < -0.39 is 12.0 Å². The molecule has 0 saturated heterocycles. The van der Waals surface area contributed by atoms with Gasteiger partial charge in [-0.3, -0.25) is 0 Å². The third-order valence-corrected chi connectivity index (χ3v) is 3.75. The van der Waals surface area contributed by atoms with Crippen LogP contribution in [0.1, 0.15) is 29.6 Å². The molecular formula is C14H17ClN2O4. The maximum Gasteiger partial charge on any atom is 0.337 e. The van der Waals surface area contributed by atoms with Crippen molar-refractivity contribution in [1.82, 2.24) is 5.32 Å². The number of anilines is 1. The smallest absolute Gasteiger partial charge is 0.337 e. The SMILES string of the molecule is COC1CCC(NC(=O)Nc2ccc(Cl)cc2C(=O)O)C1. The van der Waals surface area contributed by atoms with E-state index in [-0.39, 0.29) is 23.4 Å². The number of carbonyl (C=O) groups is 2. The van der Waals surface area contributed by atoms with E-state index in [1.54, 1.807) is 7.11 Å². The van der Waals surface area contributed by atoms with Crippen molar-refractivity contribution >= 4 is 29.3 Å². The summed E-state index contributed by atoms with van der Waals surface area (Å²) in [5.41, 5.74) is 0.171. The molecule has 1 aliphatic rings. The normalized spacial score (nSPS) is 21.0. The zero-order chi connectivity index (χ0) is 15.4. The van der Waals surface area contributed by atoms with E-state index in [1.807, 2.05) is 0 Å². The van der Waals surface area contributed by atoms with Crippen LogP contribution in [0.15, 0.2) is 18.2 Å². The van der Waals surface area contributed by atoms with E-state index in [1.165, 1.54) is 18.2 Å². The number of hydrogen-bond acceptors (Lipinski definition) is 3. The van der Waals surface area contributed by atoms with Crippen molar-refractivity contribution in [2.24, 2.45) is 0 Å². The summed E-state index contributed by atoms with van der Waals surface area (Å²) in [6.45, 7) is 0. The summed E-state index contributed by atoms with van der Waals surface area (Å²) in [5.74, 6) is -1.15. The highest BCUT2D eigenvalue weighted by Gasteiger charge is 2.25. The molecule has 3 N–H and O–H groups in total. The van der Waals surface area contributed by atoms with Crippen molar-refractivity contribution in [3.05, 3.63) is 28.8 Å². The summed E-state index contributed by atoms with van der Waals surface area (Å²) in [7, 11) is 1.65. The second-order valence-corrected chi connectivity index (χ2v) is 5.40. The Labute approximate surface area is 127 Å². The molecule has 21 heavy (non-hydrogen) atoms. The first-order valence-corrected chi connectivity index (χ1v) is 7.00. The van der Waals surface area contributed by atoms with Crippen LogP contribution in [0.5, 0.6) is 0 Å². The van der Waals surface area contributed by atoms with E-state index >= 15 is 0 Å². The lowest BCUT2D eigenvalue weighted by Gasteiger charge is -2.15. The molecule has 2 unspecified atom stereocenters. The molecule has 0 heterocycles. The van der Waals surface area contributed by atoms with Crippen LogP contribution in [0.3, 0.4) is 0 Å². The molecule has 1 saturated carbocycles. The molecule has 0 spiro atoms. The van der Waals surface area contributed by atoms with Gasteiger partial charge in [0, 0.05) is 18.2 Å². The van der Waals surface area contributed by atoms with Crippen LogP contribution in [-0.2, 0) is 4.74 Å². The number of ether oxygens (including phenoxy) is 1. The molecule has 1 aliphatic carbocycles. The molecule has 2 atom stereocenters. The van der Waals surface area contributed by atoms with Crippen LogP contribution in [0.4, 0.5) is 10.5 Å². The minimum absolute atomic E-state index is 0.0375. The number of carboxylic acids is 1. The topological polar surface area (TPSA) is 87.7 Å². The number of methoxy groups -OCH3 is 1. The maximum absolute atomic E-state index is 11.9. The monoisotopic (exact) mass is 312 g/mol. The van der Waals surface area contributed by atoms with Crippen LogP contribution >= 0.6 is 11.6 Å². The fourth-order valence-corrected chi connectivity index (χ4v) is 2.60. The van der Waals surface area contributed by atoms with Crippen LogP contribution in [-0.4, -0.2) is 36.4 Å². The van der Waals surface area contributed by atoms with Gasteiger partial charge in [-0.2, -0.15) is 0 Å². The van der Waals surface area contributed by atoms with Gasteiger partial charge in [-0.05, 0) is 37.5 Å². The summed E-state index contributed by atoms with van der Waals surface area (Å²) in [6.07, 6.45) is 2.68. The Hall–Kier alpha value is -1.79. The molecule has 0 aliphatic heterocycles. The lowest BCUT2D eigenvalue weighted by atomic mass is 10.2. The fraction of sp³-hybridized carbons (Fsp3) is 0.429. The zero-order valence-corrected chi connectivity index (χ0v) is 12.3. The van der Waals surface area contributed by atoms with Crippen molar-refractivity contribution < 1.29 is 19.4 Å². The highest BCUT2D eigenvalue weighted by atomic mass is 35.5. The molecular weight excluding hydrogens is 296 g/mol. The van der Waals surface area contributed by atoms with Gasteiger partial charge < -0.3 is 20.5 Å². The summed E-state index contributed by atoms with van der Waals surface area (Å²) in [4.78, 5) is 23.1. The number of benzene rings is 1. The Kier molecular flexibility index (Phi) is 5.03. The Morgan fingerprint density at radius 1 is 1.38 bits per heavy atom. The molecule has 1 aromatic carbocycles. The van der Waals surface area contributed by atoms with Gasteiger partial charge in [0.2, 0.25) is 0 Å². The van der Waals surface area contributed by atoms with Crippen LogP contribution in [0.2, 0.25) is 5.02 Å². The number of amides is 2. The van der Waals surface area contributed by atoms with Gasteiger partial charge in [-0.15, -0.1) is 0 Å². The minimum atomic E-state index is -1.15. The predicted octanol–water partition coefficient (Wildman–Crippen LogP) is 2.73. The first-order valence-electron chi connectivity index (χ1n) is 6.62. The zero-order valence-electron chi connectivity index (χ0n) is 11.6. The van der Waals surface area contributed by atoms with Crippen LogP contribution in [0, 0.1) is 0 Å². The number of nitrogens with one attached hydrogen (secondary N) is 2. The first kappa shape index (κ1) is 15.6. The van der Waals surface area contributed by atoms with Gasteiger partial charge in [0.25, 0.3) is 0 Å². The lowest BCUT2D eigenvalue weighted by molar-refractivity contribution is 0.0698. The molecule has 6 nitrogen and oxygen atoms in total. The molecule has 1 aromatic rings. The Balaban J connectivity index is 1.98. The van der Waals surface area contributed by atoms with Gasteiger partial charge in [0.05, 0.1) is 17.4 Å². The van der Waals surface area contributed by atoms with Crippen molar-refractivity contribution in [2.45, 2.75) is 31.4 Å². The molecule has 1 fully saturated rings. The number of halogens is 1. The number of rotatable bonds is 4. The van der Waals surface area contributed by atoms with E-state index in [2.05, 4.69) is 10.6 Å². The van der Waals surface area contributed by atoms with Crippen molar-refractivity contribution in [3.63, 3.8) is 0 Å². The van der Waals surface area contributed by atoms with Gasteiger partial charge >= 0.3 is 12.0 Å². The number of aromatic carboxylic acids is 1. The standard InChI is InChI=1S/C14H17ClN2O4/c1-21-10-4-3-9(7-10)16-14(20)17-12-5-2-8(15)6-11(12)13(18)19/h2,5-6,9-10H,3-4,7H2,1H3,(H,18,19)(H2,16,17,20). The highest BCUT2D eigenvalue weighted by Crippen LogP contribution is 2.23. The molecule has 0 bridgehead atoms. The molecule has 114 valence electrons. The van der Waals surface area contributed by atoms with Gasteiger partial charge in [-0.1, -0.05) is 11.6 Å². The summed E-state index contributed by atoms with van der Waals surface area (Å²) < 4.78 is 5.24. The minimum Gasteiger partial charge on any atom is -0.478 e. The Morgan fingerprint density at radius 2 is 2.14 bits per heavy atom. The molecule has 0 aromatic heterocycles.